The average molecular weight is 186 g/mol. The standard InChI is InChI=1S/C11H22O2/c1-6-7(2)10-8(3)9(4)11(12-5)13-10/h7-11H,6H2,1-5H3. The summed E-state index contributed by atoms with van der Waals surface area (Å²) in [7, 11) is 1.73. The van der Waals surface area contributed by atoms with Gasteiger partial charge in [-0.15, -0.1) is 0 Å². The summed E-state index contributed by atoms with van der Waals surface area (Å²) in [4.78, 5) is 0. The van der Waals surface area contributed by atoms with E-state index in [0.717, 1.165) is 0 Å². The molecule has 0 radical (unpaired) electrons. The van der Waals surface area contributed by atoms with Gasteiger partial charge < -0.3 is 9.47 Å². The molecule has 1 saturated heterocycles. The van der Waals surface area contributed by atoms with Crippen molar-refractivity contribution in [2.24, 2.45) is 17.8 Å². The fourth-order valence-electron chi connectivity index (χ4n) is 2.10. The van der Waals surface area contributed by atoms with E-state index in [-0.39, 0.29) is 6.29 Å². The van der Waals surface area contributed by atoms with Crippen LogP contribution in [0, 0.1) is 17.8 Å². The van der Waals surface area contributed by atoms with E-state index >= 15 is 0 Å². The lowest BCUT2D eigenvalue weighted by molar-refractivity contribution is -0.138. The van der Waals surface area contributed by atoms with Crippen LogP contribution in [0.25, 0.3) is 0 Å². The minimum atomic E-state index is 0.00833. The van der Waals surface area contributed by atoms with Gasteiger partial charge in [-0.05, 0) is 11.8 Å². The van der Waals surface area contributed by atoms with Crippen LogP contribution >= 0.6 is 0 Å². The SMILES string of the molecule is CCC(C)C1OC(OC)C(C)C1C. The summed E-state index contributed by atoms with van der Waals surface area (Å²) in [5, 5.41) is 0. The second-order valence-electron chi connectivity index (χ2n) is 4.31. The molecule has 5 unspecified atom stereocenters. The average Bonchev–Trinajstić information content (AvgIpc) is 2.43. The van der Waals surface area contributed by atoms with Gasteiger partial charge in [-0.1, -0.05) is 34.1 Å². The number of hydrogen-bond acceptors (Lipinski definition) is 2. The number of methoxy groups -OCH3 is 1. The Balaban J connectivity index is 2.60. The largest absolute Gasteiger partial charge is 0.356 e. The molecule has 13 heavy (non-hydrogen) atoms. The Morgan fingerprint density at radius 3 is 2.31 bits per heavy atom. The van der Waals surface area contributed by atoms with E-state index in [1.807, 2.05) is 0 Å². The van der Waals surface area contributed by atoms with Crippen molar-refractivity contribution in [3.05, 3.63) is 0 Å². The lowest BCUT2D eigenvalue weighted by Gasteiger charge is -2.21. The van der Waals surface area contributed by atoms with E-state index in [2.05, 4.69) is 27.7 Å². The number of ether oxygens (including phenoxy) is 2. The molecule has 1 heterocycles. The van der Waals surface area contributed by atoms with Gasteiger partial charge in [0.2, 0.25) is 0 Å². The summed E-state index contributed by atoms with van der Waals surface area (Å²) in [5.41, 5.74) is 0. The van der Waals surface area contributed by atoms with Gasteiger partial charge in [-0.2, -0.15) is 0 Å². The lowest BCUT2D eigenvalue weighted by Crippen LogP contribution is -2.23. The molecule has 0 aromatic carbocycles. The van der Waals surface area contributed by atoms with Gasteiger partial charge in [0.15, 0.2) is 6.29 Å². The van der Waals surface area contributed by atoms with E-state index < -0.39 is 0 Å². The van der Waals surface area contributed by atoms with Crippen LogP contribution in [0.4, 0.5) is 0 Å². The van der Waals surface area contributed by atoms with Crippen molar-refractivity contribution in [3.63, 3.8) is 0 Å². The van der Waals surface area contributed by atoms with Crippen molar-refractivity contribution in [1.82, 2.24) is 0 Å². The Morgan fingerprint density at radius 1 is 1.31 bits per heavy atom. The van der Waals surface area contributed by atoms with Crippen LogP contribution in [0.2, 0.25) is 0 Å². The maximum Gasteiger partial charge on any atom is 0.160 e. The molecular formula is C11H22O2. The van der Waals surface area contributed by atoms with Crippen LogP contribution in [-0.2, 0) is 9.47 Å². The maximum absolute atomic E-state index is 5.87. The molecular weight excluding hydrogens is 164 g/mol. The minimum absolute atomic E-state index is 0.00833. The predicted molar refractivity (Wildman–Crippen MR) is 53.5 cm³/mol. The van der Waals surface area contributed by atoms with E-state index in [0.29, 0.717) is 23.9 Å². The molecule has 0 N–H and O–H groups in total. The summed E-state index contributed by atoms with van der Waals surface area (Å²) in [6.07, 6.45) is 1.57. The van der Waals surface area contributed by atoms with Crippen LogP contribution in [0.15, 0.2) is 0 Å². The van der Waals surface area contributed by atoms with Gasteiger partial charge in [0.25, 0.3) is 0 Å². The maximum atomic E-state index is 5.87. The second-order valence-corrected chi connectivity index (χ2v) is 4.31. The second kappa shape index (κ2) is 4.43. The third-order valence-electron chi connectivity index (χ3n) is 3.51. The molecule has 0 bridgehead atoms. The number of rotatable bonds is 3. The highest BCUT2D eigenvalue weighted by molar-refractivity contribution is 4.84. The molecule has 78 valence electrons. The van der Waals surface area contributed by atoms with Gasteiger partial charge in [-0.25, -0.2) is 0 Å². The quantitative estimate of drug-likeness (QED) is 0.674. The molecule has 0 aliphatic carbocycles. The van der Waals surface area contributed by atoms with Crippen LogP contribution in [-0.4, -0.2) is 19.5 Å². The molecule has 1 aliphatic rings. The molecule has 1 aliphatic heterocycles. The van der Waals surface area contributed by atoms with E-state index in [4.69, 9.17) is 9.47 Å². The molecule has 0 amide bonds. The van der Waals surface area contributed by atoms with E-state index in [9.17, 15) is 0 Å². The van der Waals surface area contributed by atoms with Gasteiger partial charge in [-0.3, -0.25) is 0 Å². The lowest BCUT2D eigenvalue weighted by atomic mass is 9.86. The molecule has 0 aromatic rings. The summed E-state index contributed by atoms with van der Waals surface area (Å²) in [5.74, 6) is 1.77. The smallest absolute Gasteiger partial charge is 0.160 e. The van der Waals surface area contributed by atoms with Crippen molar-refractivity contribution in [1.29, 1.82) is 0 Å². The zero-order chi connectivity index (χ0) is 10.0. The van der Waals surface area contributed by atoms with E-state index in [1.54, 1.807) is 7.11 Å². The molecule has 2 nitrogen and oxygen atoms in total. The first kappa shape index (κ1) is 11.0. The van der Waals surface area contributed by atoms with Crippen molar-refractivity contribution in [2.45, 2.75) is 46.5 Å². The Morgan fingerprint density at radius 2 is 1.92 bits per heavy atom. The van der Waals surface area contributed by atoms with Crippen molar-refractivity contribution in [2.75, 3.05) is 7.11 Å². The van der Waals surface area contributed by atoms with Gasteiger partial charge >= 0.3 is 0 Å². The minimum Gasteiger partial charge on any atom is -0.356 e. The Kier molecular flexibility index (Phi) is 3.74. The molecule has 0 aromatic heterocycles. The highest BCUT2D eigenvalue weighted by atomic mass is 16.7. The molecule has 1 fully saturated rings. The summed E-state index contributed by atoms with van der Waals surface area (Å²) >= 11 is 0. The van der Waals surface area contributed by atoms with Crippen molar-refractivity contribution >= 4 is 0 Å². The summed E-state index contributed by atoms with van der Waals surface area (Å²) < 4.78 is 11.2. The van der Waals surface area contributed by atoms with Gasteiger partial charge in [0.05, 0.1) is 6.10 Å². The zero-order valence-corrected chi connectivity index (χ0v) is 9.41. The Labute approximate surface area is 81.6 Å². The summed E-state index contributed by atoms with van der Waals surface area (Å²) in [6.45, 7) is 8.94. The molecule has 0 saturated carbocycles. The fraction of sp³-hybridized carbons (Fsp3) is 1.00. The Bertz CT molecular complexity index is 158. The van der Waals surface area contributed by atoms with Gasteiger partial charge in [0.1, 0.15) is 0 Å². The first-order chi connectivity index (χ1) is 6.11. The van der Waals surface area contributed by atoms with Crippen molar-refractivity contribution < 1.29 is 9.47 Å². The Hall–Kier alpha value is -0.0800. The first-order valence-corrected chi connectivity index (χ1v) is 5.30. The highest BCUT2D eigenvalue weighted by Gasteiger charge is 2.40. The fourth-order valence-corrected chi connectivity index (χ4v) is 2.10. The third kappa shape index (κ3) is 2.05. The first-order valence-electron chi connectivity index (χ1n) is 5.30. The van der Waals surface area contributed by atoms with Crippen molar-refractivity contribution in [3.8, 4) is 0 Å². The zero-order valence-electron chi connectivity index (χ0n) is 9.41. The number of hydrogen-bond donors (Lipinski definition) is 0. The van der Waals surface area contributed by atoms with Crippen LogP contribution in [0.3, 0.4) is 0 Å². The molecule has 5 atom stereocenters. The van der Waals surface area contributed by atoms with Crippen LogP contribution < -0.4 is 0 Å². The molecule has 0 spiro atoms. The van der Waals surface area contributed by atoms with Crippen LogP contribution in [0.5, 0.6) is 0 Å². The van der Waals surface area contributed by atoms with Crippen LogP contribution in [0.1, 0.15) is 34.1 Å². The molecule has 1 rings (SSSR count). The van der Waals surface area contributed by atoms with E-state index in [1.165, 1.54) is 6.42 Å². The van der Waals surface area contributed by atoms with Gasteiger partial charge in [0, 0.05) is 13.0 Å². The summed E-state index contributed by atoms with van der Waals surface area (Å²) in [6, 6.07) is 0. The topological polar surface area (TPSA) is 18.5 Å². The highest BCUT2D eigenvalue weighted by Crippen LogP contribution is 2.36. The third-order valence-corrected chi connectivity index (χ3v) is 3.51. The predicted octanol–water partition coefficient (Wildman–Crippen LogP) is 2.68. The normalized spacial score (nSPS) is 42.2. The molecule has 2 heteroatoms. The monoisotopic (exact) mass is 186 g/mol.